The van der Waals surface area contributed by atoms with Gasteiger partial charge in [-0.15, -0.1) is 0 Å². The van der Waals surface area contributed by atoms with Crippen molar-refractivity contribution in [2.24, 2.45) is 0 Å². The summed E-state index contributed by atoms with van der Waals surface area (Å²) in [6, 6.07) is 13.0. The second-order valence-electron chi connectivity index (χ2n) is 6.10. The van der Waals surface area contributed by atoms with Crippen molar-refractivity contribution < 1.29 is 29.3 Å². The van der Waals surface area contributed by atoms with Gasteiger partial charge in [0.15, 0.2) is 6.10 Å². The van der Waals surface area contributed by atoms with Crippen molar-refractivity contribution in [3.8, 4) is 5.75 Å². The van der Waals surface area contributed by atoms with Crippen LogP contribution in [-0.4, -0.2) is 38.1 Å². The molecule has 1 aliphatic heterocycles. The van der Waals surface area contributed by atoms with Crippen molar-refractivity contribution >= 4 is 16.0 Å². The van der Waals surface area contributed by atoms with Gasteiger partial charge in [-0.1, -0.05) is 36.4 Å². The summed E-state index contributed by atoms with van der Waals surface area (Å²) in [7, 11) is -3.88. The minimum absolute atomic E-state index is 0.00863. The van der Waals surface area contributed by atoms with Gasteiger partial charge in [0.2, 0.25) is 0 Å². The summed E-state index contributed by atoms with van der Waals surface area (Å²) in [5.74, 6) is -1.50. The number of benzene rings is 2. The van der Waals surface area contributed by atoms with Crippen LogP contribution in [0.15, 0.2) is 48.5 Å². The van der Waals surface area contributed by atoms with E-state index in [1.165, 1.54) is 12.1 Å². The molecule has 1 atom stereocenters. The monoisotopic (exact) mass is 395 g/mol. The largest absolute Gasteiger partial charge is 0.489 e. The number of hydrogen-bond donors (Lipinski definition) is 0. The average Bonchev–Trinajstić information content (AvgIpc) is 3.00. The summed E-state index contributed by atoms with van der Waals surface area (Å²) in [5, 5.41) is 0. The lowest BCUT2D eigenvalue weighted by atomic mass is 10.2. The highest BCUT2D eigenvalue weighted by Gasteiger charge is 2.35. The molecular weight excluding hydrogens is 373 g/mol. The van der Waals surface area contributed by atoms with Crippen molar-refractivity contribution in [1.82, 2.24) is 4.90 Å². The summed E-state index contributed by atoms with van der Waals surface area (Å²) < 4.78 is 63.9. The van der Waals surface area contributed by atoms with Gasteiger partial charge in [0.25, 0.3) is 16.0 Å². The second kappa shape index (κ2) is 8.06. The molecule has 1 heterocycles. The molecule has 0 aliphatic carbocycles. The van der Waals surface area contributed by atoms with Crippen LogP contribution in [0.2, 0.25) is 0 Å². The lowest BCUT2D eigenvalue weighted by Gasteiger charge is -2.17. The smallest absolute Gasteiger partial charge is 0.265 e. The Kier molecular flexibility index (Phi) is 4.99. The summed E-state index contributed by atoms with van der Waals surface area (Å²) in [6.45, 7) is -2.35. The number of carbonyl (C=O) groups excluding carboxylic acids is 1. The molecule has 0 radical (unpaired) electrons. The van der Waals surface area contributed by atoms with Crippen molar-refractivity contribution in [3.05, 3.63) is 65.5 Å². The number of hydrogen-bond acceptors (Lipinski definition) is 5. The summed E-state index contributed by atoms with van der Waals surface area (Å²) >= 11 is 0. The molecule has 3 rings (SSSR count). The van der Waals surface area contributed by atoms with E-state index in [-0.39, 0.29) is 30.9 Å². The van der Waals surface area contributed by atoms with Gasteiger partial charge in [-0.3, -0.25) is 8.98 Å². The Morgan fingerprint density at radius 3 is 2.67 bits per heavy atom. The van der Waals surface area contributed by atoms with Crippen molar-refractivity contribution in [2.45, 2.75) is 25.6 Å². The molecule has 2 aromatic rings. The van der Waals surface area contributed by atoms with Gasteiger partial charge >= 0.3 is 0 Å². The summed E-state index contributed by atoms with van der Waals surface area (Å²) in [4.78, 5) is 13.2. The van der Waals surface area contributed by atoms with E-state index in [4.69, 9.17) is 11.7 Å². The summed E-state index contributed by atoms with van der Waals surface area (Å²) in [6.07, 6.45) is -0.506. The number of carbonyl (C=O) groups is 1. The van der Waals surface area contributed by atoms with Crippen LogP contribution >= 0.6 is 0 Å². The van der Waals surface area contributed by atoms with Gasteiger partial charge in [-0.05, 0) is 11.6 Å². The molecule has 6 nitrogen and oxygen atoms in total. The van der Waals surface area contributed by atoms with Crippen molar-refractivity contribution in [1.29, 1.82) is 0 Å². The van der Waals surface area contributed by atoms with E-state index >= 15 is 0 Å². The molecule has 27 heavy (non-hydrogen) atoms. The van der Waals surface area contributed by atoms with Crippen LogP contribution in [0.1, 0.15) is 20.3 Å². The van der Waals surface area contributed by atoms with Gasteiger partial charge < -0.3 is 9.64 Å². The van der Waals surface area contributed by atoms with Crippen LogP contribution < -0.4 is 4.74 Å². The molecule has 2 aromatic carbocycles. The van der Waals surface area contributed by atoms with Crippen LogP contribution in [0, 0.1) is 5.82 Å². The van der Waals surface area contributed by atoms with Crippen molar-refractivity contribution in [2.75, 3.05) is 12.8 Å². The number of amides is 1. The number of likely N-dealkylation sites (tertiary alicyclic amines) is 1. The molecule has 144 valence electrons. The molecule has 0 spiro atoms. The molecule has 1 amide bonds. The number of rotatable bonds is 7. The van der Waals surface area contributed by atoms with Crippen molar-refractivity contribution in [3.63, 3.8) is 0 Å². The standard InChI is InChI=1S/C19H20FNO5S/c1-27(23,24)26-18-9-10-21(19(18)22)12-15-7-8-16(11-17(15)20)25-13-14-5-3-2-4-6-14/h2-8,11,18H,9-10,12-13H2,1H3/t18-/m0/s1/i12D2. The zero-order valence-corrected chi connectivity index (χ0v) is 15.4. The third-order valence-electron chi connectivity index (χ3n) is 3.89. The van der Waals surface area contributed by atoms with E-state index in [9.17, 15) is 17.6 Å². The van der Waals surface area contributed by atoms with Crippen LogP contribution in [0.3, 0.4) is 0 Å². The van der Waals surface area contributed by atoms with Gasteiger partial charge in [0.05, 0.1) is 9.00 Å². The first-order chi connectivity index (χ1) is 13.6. The Morgan fingerprint density at radius 2 is 2.00 bits per heavy atom. The summed E-state index contributed by atoms with van der Waals surface area (Å²) in [5.41, 5.74) is 0.546. The Balaban J connectivity index is 1.74. The predicted molar refractivity (Wildman–Crippen MR) is 96.9 cm³/mol. The third kappa shape index (κ3) is 5.27. The van der Waals surface area contributed by atoms with E-state index < -0.39 is 34.4 Å². The molecule has 1 fully saturated rings. The maximum Gasteiger partial charge on any atom is 0.265 e. The number of ether oxygens (including phenoxy) is 1. The first-order valence-electron chi connectivity index (χ1n) is 9.24. The molecule has 0 N–H and O–H groups in total. The minimum atomic E-state index is -3.88. The van der Waals surface area contributed by atoms with E-state index in [0.717, 1.165) is 22.8 Å². The molecule has 0 unspecified atom stereocenters. The predicted octanol–water partition coefficient (Wildman–Crippen LogP) is 2.48. The van der Waals surface area contributed by atoms with Gasteiger partial charge in [-0.2, -0.15) is 8.42 Å². The van der Waals surface area contributed by atoms with Crippen LogP contribution in [0.25, 0.3) is 0 Å². The lowest BCUT2D eigenvalue weighted by Crippen LogP contribution is -2.31. The van der Waals surface area contributed by atoms with E-state index in [1.807, 2.05) is 30.3 Å². The van der Waals surface area contributed by atoms with Crippen LogP contribution in [0.5, 0.6) is 5.75 Å². The molecule has 8 heteroatoms. The average molecular weight is 395 g/mol. The maximum absolute atomic E-state index is 14.6. The molecule has 1 saturated heterocycles. The zero-order chi connectivity index (χ0) is 21.2. The topological polar surface area (TPSA) is 72.9 Å². The second-order valence-corrected chi connectivity index (χ2v) is 7.70. The molecule has 1 aliphatic rings. The van der Waals surface area contributed by atoms with Crippen LogP contribution in [-0.2, 0) is 32.2 Å². The molecule has 0 saturated carbocycles. The lowest BCUT2D eigenvalue weighted by molar-refractivity contribution is -0.133. The highest BCUT2D eigenvalue weighted by atomic mass is 32.2. The first-order valence-corrected chi connectivity index (χ1v) is 10.1. The molecule has 0 bridgehead atoms. The quantitative estimate of drug-likeness (QED) is 0.674. The van der Waals surface area contributed by atoms with Gasteiger partial charge in [0, 0.05) is 31.1 Å². The van der Waals surface area contributed by atoms with E-state index in [1.54, 1.807) is 0 Å². The van der Waals surface area contributed by atoms with Gasteiger partial charge in [-0.25, -0.2) is 4.39 Å². The van der Waals surface area contributed by atoms with E-state index in [2.05, 4.69) is 0 Å². The Bertz CT molecular complexity index is 1000. The molecule has 0 aromatic heterocycles. The highest BCUT2D eigenvalue weighted by molar-refractivity contribution is 7.86. The fraction of sp³-hybridized carbons (Fsp3) is 0.316. The van der Waals surface area contributed by atoms with Gasteiger partial charge in [0.1, 0.15) is 18.2 Å². The highest BCUT2D eigenvalue weighted by Crippen LogP contribution is 2.23. The zero-order valence-electron chi connectivity index (χ0n) is 16.6. The molecular formula is C19H20FNO5S. The Hall–Kier alpha value is -2.45. The third-order valence-corrected chi connectivity index (χ3v) is 4.47. The first kappa shape index (κ1) is 16.7. The fourth-order valence-corrected chi connectivity index (χ4v) is 3.23. The number of halogens is 1. The Labute approximate surface area is 160 Å². The minimum Gasteiger partial charge on any atom is -0.489 e. The Morgan fingerprint density at radius 1 is 1.26 bits per heavy atom. The number of nitrogens with zero attached hydrogens (tertiary/aromatic N) is 1. The normalized spacial score (nSPS) is 19.0. The maximum atomic E-state index is 14.6. The van der Waals surface area contributed by atoms with Crippen LogP contribution in [0.4, 0.5) is 4.39 Å². The SMILES string of the molecule is [2H]C([2H])(c1ccc(OCc2ccccc2)cc1F)N1CC[C@H](OS(C)(=O)=O)C1=O. The van der Waals surface area contributed by atoms with E-state index in [0.29, 0.717) is 0 Å². The fourth-order valence-electron chi connectivity index (χ4n) is 2.63.